The van der Waals surface area contributed by atoms with E-state index >= 15 is 0 Å². The van der Waals surface area contributed by atoms with Crippen LogP contribution < -0.4 is 5.73 Å². The van der Waals surface area contributed by atoms with Gasteiger partial charge in [-0.1, -0.05) is 6.42 Å². The van der Waals surface area contributed by atoms with Crippen molar-refractivity contribution in [2.24, 2.45) is 5.73 Å². The van der Waals surface area contributed by atoms with E-state index in [-0.39, 0.29) is 0 Å². The number of rotatable bonds is 4. The van der Waals surface area contributed by atoms with Gasteiger partial charge in [0, 0.05) is 12.3 Å². The molecule has 78 valence electrons. The van der Waals surface area contributed by atoms with Crippen molar-refractivity contribution in [1.82, 2.24) is 4.98 Å². The van der Waals surface area contributed by atoms with Crippen molar-refractivity contribution < 1.29 is 4.42 Å². The predicted octanol–water partition coefficient (Wildman–Crippen LogP) is 2.14. The smallest absolute Gasteiger partial charge is 0.197 e. The summed E-state index contributed by atoms with van der Waals surface area (Å²) in [5.41, 5.74) is 6.52. The third kappa shape index (κ3) is 1.82. The highest BCUT2D eigenvalue weighted by molar-refractivity contribution is 5.11. The molecule has 1 fully saturated rings. The fourth-order valence-electron chi connectivity index (χ4n) is 1.77. The van der Waals surface area contributed by atoms with Crippen LogP contribution in [0, 0.1) is 6.92 Å². The molecule has 1 aromatic rings. The minimum atomic E-state index is 0.598. The van der Waals surface area contributed by atoms with Gasteiger partial charge < -0.3 is 10.2 Å². The van der Waals surface area contributed by atoms with E-state index in [1.54, 1.807) is 0 Å². The van der Waals surface area contributed by atoms with Gasteiger partial charge >= 0.3 is 0 Å². The Kier molecular flexibility index (Phi) is 2.87. The Morgan fingerprint density at radius 1 is 1.50 bits per heavy atom. The second-order valence-corrected chi connectivity index (χ2v) is 4.08. The largest absolute Gasteiger partial charge is 0.445 e. The Balaban J connectivity index is 2.04. The van der Waals surface area contributed by atoms with Gasteiger partial charge in [-0.05, 0) is 32.7 Å². The number of hydrogen-bond acceptors (Lipinski definition) is 3. The van der Waals surface area contributed by atoms with Crippen molar-refractivity contribution in [2.75, 3.05) is 6.54 Å². The van der Waals surface area contributed by atoms with Crippen molar-refractivity contribution in [3.63, 3.8) is 0 Å². The van der Waals surface area contributed by atoms with E-state index in [2.05, 4.69) is 4.98 Å². The molecule has 0 bridgehead atoms. The summed E-state index contributed by atoms with van der Waals surface area (Å²) in [7, 11) is 0. The number of aromatic nitrogens is 1. The molecule has 2 N–H and O–H groups in total. The molecule has 1 aromatic heterocycles. The first-order chi connectivity index (χ1) is 6.81. The summed E-state index contributed by atoms with van der Waals surface area (Å²) in [6, 6.07) is 0. The van der Waals surface area contributed by atoms with Gasteiger partial charge in [-0.25, -0.2) is 4.98 Å². The highest BCUT2D eigenvalue weighted by atomic mass is 16.4. The van der Waals surface area contributed by atoms with Crippen molar-refractivity contribution in [1.29, 1.82) is 0 Å². The summed E-state index contributed by atoms with van der Waals surface area (Å²) >= 11 is 0. The van der Waals surface area contributed by atoms with Crippen LogP contribution in [0.5, 0.6) is 0 Å². The lowest BCUT2D eigenvalue weighted by Gasteiger charge is -2.21. The van der Waals surface area contributed by atoms with E-state index in [1.165, 1.54) is 19.3 Å². The van der Waals surface area contributed by atoms with E-state index in [9.17, 15) is 0 Å². The maximum absolute atomic E-state index is 5.75. The number of nitrogens with zero attached hydrogens (tertiary/aromatic N) is 1. The molecule has 3 nitrogen and oxygen atoms in total. The summed E-state index contributed by atoms with van der Waals surface area (Å²) in [6.07, 6.45) is 5.74. The van der Waals surface area contributed by atoms with Crippen molar-refractivity contribution >= 4 is 0 Å². The molecule has 0 amide bonds. The fraction of sp³-hybridized carbons (Fsp3) is 0.727. The molecule has 1 saturated carbocycles. The number of nitrogens with two attached hydrogens (primary N) is 1. The lowest BCUT2D eigenvalue weighted by atomic mass is 9.85. The van der Waals surface area contributed by atoms with E-state index in [0.29, 0.717) is 5.92 Å². The Hall–Kier alpha value is -0.830. The third-order valence-electron chi connectivity index (χ3n) is 2.97. The van der Waals surface area contributed by atoms with Crippen LogP contribution in [0.2, 0.25) is 0 Å². The zero-order chi connectivity index (χ0) is 9.97. The zero-order valence-corrected chi connectivity index (χ0v) is 8.75. The first-order valence-electron chi connectivity index (χ1n) is 5.47. The highest BCUT2D eigenvalue weighted by Crippen LogP contribution is 2.36. The van der Waals surface area contributed by atoms with Gasteiger partial charge in [0.1, 0.15) is 5.76 Å². The van der Waals surface area contributed by atoms with Gasteiger partial charge in [0.15, 0.2) is 5.89 Å². The minimum Gasteiger partial charge on any atom is -0.445 e. The van der Waals surface area contributed by atoms with E-state index in [0.717, 1.165) is 36.7 Å². The Morgan fingerprint density at radius 2 is 2.29 bits per heavy atom. The van der Waals surface area contributed by atoms with Gasteiger partial charge in [0.05, 0.1) is 5.69 Å². The summed E-state index contributed by atoms with van der Waals surface area (Å²) in [5.74, 6) is 2.60. The molecule has 2 rings (SSSR count). The molecule has 14 heavy (non-hydrogen) atoms. The molecule has 0 aromatic carbocycles. The molecule has 0 unspecified atom stereocenters. The van der Waals surface area contributed by atoms with Gasteiger partial charge in [-0.15, -0.1) is 0 Å². The van der Waals surface area contributed by atoms with Crippen LogP contribution in [-0.2, 0) is 6.42 Å². The van der Waals surface area contributed by atoms with Crippen LogP contribution in [0.1, 0.15) is 48.9 Å². The average Bonchev–Trinajstić information content (AvgIpc) is 2.40. The summed E-state index contributed by atoms with van der Waals surface area (Å²) in [5, 5.41) is 0. The van der Waals surface area contributed by atoms with Gasteiger partial charge in [-0.2, -0.15) is 0 Å². The maximum Gasteiger partial charge on any atom is 0.197 e. The Morgan fingerprint density at radius 3 is 2.86 bits per heavy atom. The monoisotopic (exact) mass is 194 g/mol. The number of oxazole rings is 1. The molecule has 3 heteroatoms. The third-order valence-corrected chi connectivity index (χ3v) is 2.97. The molecule has 1 aliphatic carbocycles. The first-order valence-corrected chi connectivity index (χ1v) is 5.47. The molecule has 0 spiro atoms. The van der Waals surface area contributed by atoms with Crippen LogP contribution in [0.25, 0.3) is 0 Å². The normalized spacial score (nSPS) is 17.0. The molecule has 0 radical (unpaired) electrons. The van der Waals surface area contributed by atoms with Crippen LogP contribution in [0.3, 0.4) is 0 Å². The van der Waals surface area contributed by atoms with Crippen molar-refractivity contribution in [2.45, 2.75) is 44.9 Å². The second-order valence-electron chi connectivity index (χ2n) is 4.08. The van der Waals surface area contributed by atoms with E-state index in [4.69, 9.17) is 10.2 Å². The van der Waals surface area contributed by atoms with Gasteiger partial charge in [0.25, 0.3) is 0 Å². The quantitative estimate of drug-likeness (QED) is 0.799. The topological polar surface area (TPSA) is 52.0 Å². The molecular formula is C11H18N2O. The second kappa shape index (κ2) is 4.13. The Bertz CT molecular complexity index is 302. The maximum atomic E-state index is 5.75. The molecule has 0 saturated heterocycles. The standard InChI is InChI=1S/C11H18N2O/c1-8-10(6-3-7-12)14-11(13-8)9-4-2-5-9/h9H,2-7,12H2,1H3. The first kappa shape index (κ1) is 9.71. The summed E-state index contributed by atoms with van der Waals surface area (Å²) in [4.78, 5) is 4.48. The average molecular weight is 194 g/mol. The molecule has 0 atom stereocenters. The van der Waals surface area contributed by atoms with Crippen LogP contribution in [-0.4, -0.2) is 11.5 Å². The SMILES string of the molecule is Cc1nc(C2CCC2)oc1CCCN. The van der Waals surface area contributed by atoms with Crippen molar-refractivity contribution in [3.8, 4) is 0 Å². The Labute approximate surface area is 84.7 Å². The lowest BCUT2D eigenvalue weighted by Crippen LogP contribution is -2.08. The lowest BCUT2D eigenvalue weighted by molar-refractivity contribution is 0.324. The minimum absolute atomic E-state index is 0.598. The number of aryl methyl sites for hydroxylation is 2. The molecule has 0 aliphatic heterocycles. The summed E-state index contributed by atoms with van der Waals surface area (Å²) in [6.45, 7) is 2.75. The highest BCUT2D eigenvalue weighted by Gasteiger charge is 2.25. The van der Waals surface area contributed by atoms with E-state index < -0.39 is 0 Å². The van der Waals surface area contributed by atoms with Gasteiger partial charge in [-0.3, -0.25) is 0 Å². The summed E-state index contributed by atoms with van der Waals surface area (Å²) < 4.78 is 5.75. The fourth-order valence-corrected chi connectivity index (χ4v) is 1.77. The predicted molar refractivity (Wildman–Crippen MR) is 55.2 cm³/mol. The zero-order valence-electron chi connectivity index (χ0n) is 8.75. The van der Waals surface area contributed by atoms with Gasteiger partial charge in [0.2, 0.25) is 0 Å². The number of hydrogen-bond donors (Lipinski definition) is 1. The van der Waals surface area contributed by atoms with Crippen LogP contribution >= 0.6 is 0 Å². The van der Waals surface area contributed by atoms with Crippen LogP contribution in [0.4, 0.5) is 0 Å². The molecular weight excluding hydrogens is 176 g/mol. The molecule has 1 aliphatic rings. The van der Waals surface area contributed by atoms with Crippen molar-refractivity contribution in [3.05, 3.63) is 17.3 Å². The molecule has 1 heterocycles. The van der Waals surface area contributed by atoms with Crippen LogP contribution in [0.15, 0.2) is 4.42 Å². The van der Waals surface area contributed by atoms with E-state index in [1.807, 2.05) is 6.92 Å².